The molecule has 0 atom stereocenters. The molecule has 0 aromatic carbocycles. The first kappa shape index (κ1) is 19.2. The number of nitrogens with zero attached hydrogens (tertiary/aromatic N) is 1. The molecule has 0 bridgehead atoms. The highest BCUT2D eigenvalue weighted by molar-refractivity contribution is 6.09. The van der Waals surface area contributed by atoms with Crippen molar-refractivity contribution in [1.29, 1.82) is 0 Å². The summed E-state index contributed by atoms with van der Waals surface area (Å²) in [5, 5.41) is 7.91. The van der Waals surface area contributed by atoms with Crippen LogP contribution in [0.3, 0.4) is 0 Å². The molecule has 140 valence electrons. The number of carbonyl (C=O) groups excluding carboxylic acids is 4. The third-order valence-corrected chi connectivity index (χ3v) is 4.65. The van der Waals surface area contributed by atoms with E-state index in [9.17, 15) is 19.2 Å². The molecule has 0 aromatic heterocycles. The quantitative estimate of drug-likeness (QED) is 0.632. The predicted molar refractivity (Wildman–Crippen MR) is 91.6 cm³/mol. The van der Waals surface area contributed by atoms with Crippen molar-refractivity contribution >= 4 is 23.8 Å². The Balaban J connectivity index is 1.91. The number of amides is 5. The van der Waals surface area contributed by atoms with E-state index in [2.05, 4.69) is 16.0 Å². The Morgan fingerprint density at radius 1 is 1.08 bits per heavy atom. The number of carbonyl (C=O) groups is 4. The largest absolute Gasteiger partial charge is 0.352 e. The zero-order valence-corrected chi connectivity index (χ0v) is 15.0. The van der Waals surface area contributed by atoms with E-state index < -0.39 is 17.5 Å². The zero-order chi connectivity index (χ0) is 18.4. The number of hydrogen-bond donors (Lipinski definition) is 3. The van der Waals surface area contributed by atoms with Crippen molar-refractivity contribution in [3.8, 4) is 0 Å². The summed E-state index contributed by atoms with van der Waals surface area (Å²) < 4.78 is 0. The van der Waals surface area contributed by atoms with Gasteiger partial charge in [0, 0.05) is 6.04 Å². The maximum atomic E-state index is 12.8. The second-order valence-corrected chi connectivity index (χ2v) is 7.17. The molecule has 0 aromatic rings. The lowest BCUT2D eigenvalue weighted by Crippen LogP contribution is -2.48. The van der Waals surface area contributed by atoms with Crippen molar-refractivity contribution in [2.45, 2.75) is 70.4 Å². The molecule has 5 amide bonds. The number of hydrogen-bond acceptors (Lipinski definition) is 4. The molecule has 1 heterocycles. The Morgan fingerprint density at radius 2 is 1.68 bits per heavy atom. The number of urea groups is 1. The van der Waals surface area contributed by atoms with Gasteiger partial charge in [0.25, 0.3) is 5.91 Å². The van der Waals surface area contributed by atoms with Crippen molar-refractivity contribution in [1.82, 2.24) is 20.9 Å². The minimum absolute atomic E-state index is 0.0190. The Hall–Kier alpha value is -2.12. The van der Waals surface area contributed by atoms with Gasteiger partial charge in [0.2, 0.25) is 11.8 Å². The summed E-state index contributed by atoms with van der Waals surface area (Å²) in [6.07, 6.45) is 6.28. The molecule has 25 heavy (non-hydrogen) atoms. The molecule has 8 heteroatoms. The predicted octanol–water partition coefficient (Wildman–Crippen LogP) is 0.662. The third-order valence-electron chi connectivity index (χ3n) is 4.65. The van der Waals surface area contributed by atoms with Gasteiger partial charge in [-0.15, -0.1) is 0 Å². The van der Waals surface area contributed by atoms with Crippen molar-refractivity contribution < 1.29 is 19.2 Å². The summed E-state index contributed by atoms with van der Waals surface area (Å²) in [5.41, 5.74) is -0.854. The highest BCUT2D eigenvalue weighted by Gasteiger charge is 2.50. The van der Waals surface area contributed by atoms with E-state index in [1.54, 1.807) is 0 Å². The Labute approximate surface area is 148 Å². The van der Waals surface area contributed by atoms with E-state index in [1.807, 2.05) is 13.8 Å². The van der Waals surface area contributed by atoms with E-state index in [1.165, 1.54) is 0 Å². The van der Waals surface area contributed by atoms with Crippen LogP contribution in [0.4, 0.5) is 4.79 Å². The van der Waals surface area contributed by atoms with Crippen LogP contribution in [-0.4, -0.2) is 53.3 Å². The lowest BCUT2D eigenvalue weighted by Gasteiger charge is -2.28. The molecule has 2 rings (SSSR count). The second-order valence-electron chi connectivity index (χ2n) is 7.17. The van der Waals surface area contributed by atoms with Crippen LogP contribution in [0.5, 0.6) is 0 Å². The van der Waals surface area contributed by atoms with Gasteiger partial charge < -0.3 is 16.0 Å². The topological polar surface area (TPSA) is 108 Å². The van der Waals surface area contributed by atoms with Gasteiger partial charge >= 0.3 is 6.03 Å². The minimum Gasteiger partial charge on any atom is -0.352 e. The molecule has 0 radical (unpaired) electrons. The van der Waals surface area contributed by atoms with Crippen LogP contribution < -0.4 is 16.0 Å². The van der Waals surface area contributed by atoms with Gasteiger partial charge in [-0.25, -0.2) is 4.79 Å². The number of nitrogens with one attached hydrogen (secondary N) is 3. The van der Waals surface area contributed by atoms with Crippen LogP contribution >= 0.6 is 0 Å². The van der Waals surface area contributed by atoms with E-state index in [0.717, 1.165) is 37.0 Å². The molecule has 1 saturated heterocycles. The van der Waals surface area contributed by atoms with E-state index in [0.29, 0.717) is 12.8 Å². The first-order valence-electron chi connectivity index (χ1n) is 9.04. The molecule has 2 aliphatic rings. The maximum Gasteiger partial charge on any atom is 0.325 e. The van der Waals surface area contributed by atoms with Crippen molar-refractivity contribution in [3.63, 3.8) is 0 Å². The number of rotatable bonds is 5. The molecule has 2 fully saturated rings. The normalized spacial score (nSPS) is 20.2. The van der Waals surface area contributed by atoms with Crippen molar-refractivity contribution in [3.05, 3.63) is 0 Å². The van der Waals surface area contributed by atoms with E-state index in [4.69, 9.17) is 0 Å². The first-order chi connectivity index (χ1) is 11.8. The molecule has 8 nitrogen and oxygen atoms in total. The summed E-state index contributed by atoms with van der Waals surface area (Å²) in [5.74, 6) is -1.15. The van der Waals surface area contributed by atoms with Gasteiger partial charge in [0.1, 0.15) is 12.1 Å². The Bertz CT molecular complexity index is 539. The summed E-state index contributed by atoms with van der Waals surface area (Å²) >= 11 is 0. The molecule has 1 saturated carbocycles. The molecule has 1 aliphatic heterocycles. The summed E-state index contributed by atoms with van der Waals surface area (Å²) in [7, 11) is 0. The van der Waals surface area contributed by atoms with Gasteiger partial charge in [0.05, 0.1) is 6.54 Å². The SMILES string of the molecule is CC(C)NC(=O)CNC(=O)CN1C(=O)NC2(CCCCCCC2)C1=O. The van der Waals surface area contributed by atoms with E-state index >= 15 is 0 Å². The van der Waals surface area contributed by atoms with Crippen LogP contribution in [0.15, 0.2) is 0 Å². The van der Waals surface area contributed by atoms with Gasteiger partial charge in [-0.2, -0.15) is 0 Å². The fraction of sp³-hybridized carbons (Fsp3) is 0.765. The maximum absolute atomic E-state index is 12.8. The molecular weight excluding hydrogens is 324 g/mol. The monoisotopic (exact) mass is 352 g/mol. The van der Waals surface area contributed by atoms with Crippen molar-refractivity contribution in [2.75, 3.05) is 13.1 Å². The average Bonchev–Trinajstić information content (AvgIpc) is 2.73. The molecular formula is C17H28N4O4. The fourth-order valence-corrected chi connectivity index (χ4v) is 3.42. The average molecular weight is 352 g/mol. The van der Waals surface area contributed by atoms with Crippen LogP contribution in [0.1, 0.15) is 58.8 Å². The van der Waals surface area contributed by atoms with Gasteiger partial charge in [-0.1, -0.05) is 32.1 Å². The minimum atomic E-state index is -0.854. The first-order valence-corrected chi connectivity index (χ1v) is 9.04. The Kier molecular flexibility index (Phi) is 6.39. The van der Waals surface area contributed by atoms with Gasteiger partial charge in [-0.3, -0.25) is 19.3 Å². The lowest BCUT2D eigenvalue weighted by molar-refractivity contribution is -0.135. The Morgan fingerprint density at radius 3 is 2.28 bits per heavy atom. The van der Waals surface area contributed by atoms with E-state index in [-0.39, 0.29) is 30.9 Å². The molecule has 1 spiro atoms. The second kappa shape index (κ2) is 8.31. The van der Waals surface area contributed by atoms with Crippen LogP contribution in [0.25, 0.3) is 0 Å². The lowest BCUT2D eigenvalue weighted by atomic mass is 9.84. The molecule has 0 unspecified atom stereocenters. The van der Waals surface area contributed by atoms with Crippen LogP contribution in [0, 0.1) is 0 Å². The summed E-state index contributed by atoms with van der Waals surface area (Å²) in [6.45, 7) is 3.11. The highest BCUT2D eigenvalue weighted by atomic mass is 16.2. The van der Waals surface area contributed by atoms with Gasteiger partial charge in [-0.05, 0) is 26.7 Å². The van der Waals surface area contributed by atoms with Crippen LogP contribution in [-0.2, 0) is 14.4 Å². The highest BCUT2D eigenvalue weighted by Crippen LogP contribution is 2.31. The standard InChI is InChI=1S/C17H28N4O4/c1-12(2)19-13(22)10-18-14(23)11-21-15(24)17(20-16(21)25)8-6-4-3-5-7-9-17/h12H,3-11H2,1-2H3,(H,18,23)(H,19,22)(H,20,25). The fourth-order valence-electron chi connectivity index (χ4n) is 3.42. The molecule has 3 N–H and O–H groups in total. The third kappa shape index (κ3) is 4.93. The smallest absolute Gasteiger partial charge is 0.325 e. The number of imide groups is 1. The summed E-state index contributed by atoms with van der Waals surface area (Å²) in [4.78, 5) is 49.5. The van der Waals surface area contributed by atoms with Gasteiger partial charge in [0.15, 0.2) is 0 Å². The van der Waals surface area contributed by atoms with Crippen LogP contribution in [0.2, 0.25) is 0 Å². The zero-order valence-electron chi connectivity index (χ0n) is 15.0. The van der Waals surface area contributed by atoms with Crippen molar-refractivity contribution in [2.24, 2.45) is 0 Å². The molecule has 1 aliphatic carbocycles. The summed E-state index contributed by atoms with van der Waals surface area (Å²) in [6, 6.07) is -0.540.